The third-order valence-electron chi connectivity index (χ3n) is 17.3. The average Bonchev–Trinajstić information content (AvgIpc) is 3.91. The molecule has 1 unspecified atom stereocenters. The first-order valence-electron chi connectivity index (χ1n) is 26.5. The molecule has 0 amide bonds. The van der Waals surface area contributed by atoms with E-state index < -0.39 is 0 Å². The maximum atomic E-state index is 2.53. The van der Waals surface area contributed by atoms with Crippen LogP contribution in [0.4, 0.5) is 34.1 Å². The second-order valence-corrected chi connectivity index (χ2v) is 22.9. The number of benzene rings is 10. The van der Waals surface area contributed by atoms with E-state index in [1.165, 1.54) is 83.5 Å². The van der Waals surface area contributed by atoms with Crippen LogP contribution in [0.1, 0.15) is 93.8 Å². The monoisotopic (exact) mass is 954 g/mol. The van der Waals surface area contributed by atoms with Crippen LogP contribution in [0.25, 0.3) is 44.5 Å². The van der Waals surface area contributed by atoms with Crippen molar-refractivity contribution in [2.45, 2.75) is 76.5 Å². The van der Waals surface area contributed by atoms with Crippen molar-refractivity contribution in [2.75, 3.05) is 9.80 Å². The van der Waals surface area contributed by atoms with E-state index in [4.69, 9.17) is 0 Å². The van der Waals surface area contributed by atoms with Gasteiger partial charge in [-0.25, -0.2) is 0 Å². The molecule has 10 aromatic carbocycles. The molecule has 0 N–H and O–H groups in total. The molecule has 0 radical (unpaired) electrons. The van der Waals surface area contributed by atoms with E-state index in [0.717, 1.165) is 40.5 Å². The van der Waals surface area contributed by atoms with Crippen molar-refractivity contribution in [3.8, 4) is 44.5 Å². The molecule has 74 heavy (non-hydrogen) atoms. The zero-order chi connectivity index (χ0) is 50.6. The Labute approximate surface area is 438 Å². The molecule has 0 saturated heterocycles. The van der Waals surface area contributed by atoms with E-state index in [-0.39, 0.29) is 21.7 Å². The SMILES string of the molecule is CC1(C)CC(C)(c2ccc(N(c3ccc4c(c3)C(C)(C)c3ccccc3-4)c3ccccc3-c3ccccc3)cc2)c2cc(N(c3ccc4c(c3)C(C)(C)c3ccccc3-4)c3ccccc3-c3ccccc3)ccc21. The molecule has 0 heterocycles. The lowest BCUT2D eigenvalue weighted by molar-refractivity contribution is 0.425. The Hall–Kier alpha value is -8.20. The summed E-state index contributed by atoms with van der Waals surface area (Å²) >= 11 is 0. The first-order chi connectivity index (χ1) is 35.8. The standard InChI is InChI=1S/C72H62N2/c1-69(2)47-72(7,50-34-36-51(37-35-50)73(67-32-20-16-26-55(67)48-22-10-8-11-23-48)52-38-41-59-57-28-14-18-30-61(57)70(3,4)64(59)44-52)66-46-54(40-43-63(66)69)74(68-33-21-17-27-56(68)49-24-12-9-13-25-49)53-39-42-60-58-29-15-19-31-62(58)71(5,6)65(60)45-53/h8-46H,47H2,1-7H3. The third kappa shape index (κ3) is 7.06. The first kappa shape index (κ1) is 45.6. The summed E-state index contributed by atoms with van der Waals surface area (Å²) in [6.07, 6.45) is 0.991. The van der Waals surface area contributed by atoms with E-state index >= 15 is 0 Å². The summed E-state index contributed by atoms with van der Waals surface area (Å²) in [5, 5.41) is 0. The van der Waals surface area contributed by atoms with E-state index in [0.29, 0.717) is 0 Å². The van der Waals surface area contributed by atoms with Gasteiger partial charge in [0.15, 0.2) is 0 Å². The fourth-order valence-corrected chi connectivity index (χ4v) is 13.6. The maximum absolute atomic E-state index is 2.53. The van der Waals surface area contributed by atoms with Crippen LogP contribution in [0.5, 0.6) is 0 Å². The molecule has 0 bridgehead atoms. The highest BCUT2D eigenvalue weighted by molar-refractivity contribution is 5.93. The summed E-state index contributed by atoms with van der Waals surface area (Å²) in [4.78, 5) is 5.01. The minimum Gasteiger partial charge on any atom is -0.310 e. The number of fused-ring (bicyclic) bond motifs is 7. The van der Waals surface area contributed by atoms with Crippen molar-refractivity contribution in [3.05, 3.63) is 276 Å². The van der Waals surface area contributed by atoms with Gasteiger partial charge in [-0.3, -0.25) is 0 Å². The number of para-hydroxylation sites is 2. The molecule has 0 aromatic heterocycles. The summed E-state index contributed by atoms with van der Waals surface area (Å²) in [6.45, 7) is 16.9. The van der Waals surface area contributed by atoms with Gasteiger partial charge in [0.1, 0.15) is 0 Å². The van der Waals surface area contributed by atoms with Crippen molar-refractivity contribution in [3.63, 3.8) is 0 Å². The summed E-state index contributed by atoms with van der Waals surface area (Å²) in [5.41, 5.74) is 26.0. The molecule has 10 aromatic rings. The number of rotatable bonds is 9. The molecule has 2 nitrogen and oxygen atoms in total. The normalized spacial score (nSPS) is 16.9. The van der Waals surface area contributed by atoms with Gasteiger partial charge in [0.25, 0.3) is 0 Å². The highest BCUT2D eigenvalue weighted by Crippen LogP contribution is 2.57. The van der Waals surface area contributed by atoms with Gasteiger partial charge < -0.3 is 9.80 Å². The Kier molecular flexibility index (Phi) is 10.4. The molecule has 1 atom stereocenters. The molecule has 2 heteroatoms. The Morgan fingerprint density at radius 3 is 1.14 bits per heavy atom. The fraction of sp³-hybridized carbons (Fsp3) is 0.167. The van der Waals surface area contributed by atoms with Crippen LogP contribution in [0.3, 0.4) is 0 Å². The topological polar surface area (TPSA) is 6.48 Å². The summed E-state index contributed by atoms with van der Waals surface area (Å²) in [6, 6.07) is 88.6. The first-order valence-corrected chi connectivity index (χ1v) is 26.5. The molecular formula is C72H62N2. The third-order valence-corrected chi connectivity index (χ3v) is 17.3. The molecule has 3 aliphatic carbocycles. The maximum Gasteiger partial charge on any atom is 0.0540 e. The van der Waals surface area contributed by atoms with Crippen molar-refractivity contribution in [1.82, 2.24) is 0 Å². The van der Waals surface area contributed by atoms with E-state index in [1.54, 1.807) is 0 Å². The number of hydrogen-bond acceptors (Lipinski definition) is 2. The second-order valence-electron chi connectivity index (χ2n) is 22.9. The van der Waals surface area contributed by atoms with Crippen LogP contribution >= 0.6 is 0 Å². The van der Waals surface area contributed by atoms with Gasteiger partial charge in [0.2, 0.25) is 0 Å². The zero-order valence-corrected chi connectivity index (χ0v) is 43.6. The van der Waals surface area contributed by atoms with Crippen LogP contribution in [-0.2, 0) is 21.7 Å². The molecule has 0 saturated carbocycles. The summed E-state index contributed by atoms with van der Waals surface area (Å²) in [5.74, 6) is 0. The van der Waals surface area contributed by atoms with Gasteiger partial charge in [-0.1, -0.05) is 224 Å². The van der Waals surface area contributed by atoms with E-state index in [9.17, 15) is 0 Å². The minimum absolute atomic E-state index is 0.0487. The van der Waals surface area contributed by atoms with Crippen molar-refractivity contribution < 1.29 is 0 Å². The van der Waals surface area contributed by atoms with Crippen LogP contribution in [-0.4, -0.2) is 0 Å². The second kappa shape index (κ2) is 16.9. The molecule has 0 aliphatic heterocycles. The van der Waals surface area contributed by atoms with Crippen molar-refractivity contribution >= 4 is 34.1 Å². The van der Waals surface area contributed by atoms with Crippen molar-refractivity contribution in [1.29, 1.82) is 0 Å². The summed E-state index contributed by atoms with van der Waals surface area (Å²) in [7, 11) is 0. The fourth-order valence-electron chi connectivity index (χ4n) is 13.6. The van der Waals surface area contributed by atoms with Gasteiger partial charge in [0, 0.05) is 50.1 Å². The van der Waals surface area contributed by atoms with Crippen LogP contribution in [0, 0.1) is 0 Å². The quantitative estimate of drug-likeness (QED) is 0.142. The van der Waals surface area contributed by atoms with Crippen LogP contribution in [0.15, 0.2) is 237 Å². The molecule has 0 spiro atoms. The molecular weight excluding hydrogens is 893 g/mol. The lowest BCUT2D eigenvalue weighted by Gasteiger charge is -2.33. The molecule has 0 fully saturated rings. The van der Waals surface area contributed by atoms with E-state index in [2.05, 4.69) is 295 Å². The van der Waals surface area contributed by atoms with Gasteiger partial charge in [-0.05, 0) is 145 Å². The molecule has 13 rings (SSSR count). The predicted molar refractivity (Wildman–Crippen MR) is 312 cm³/mol. The largest absolute Gasteiger partial charge is 0.310 e. The lowest BCUT2D eigenvalue weighted by atomic mass is 9.75. The highest BCUT2D eigenvalue weighted by Gasteiger charge is 2.46. The predicted octanol–water partition coefficient (Wildman–Crippen LogP) is 19.6. The smallest absolute Gasteiger partial charge is 0.0540 e. The number of nitrogens with zero attached hydrogens (tertiary/aromatic N) is 2. The Morgan fingerprint density at radius 2 is 0.649 bits per heavy atom. The Bertz CT molecular complexity index is 3800. The summed E-state index contributed by atoms with van der Waals surface area (Å²) < 4.78 is 0. The van der Waals surface area contributed by atoms with E-state index in [1.807, 2.05) is 0 Å². The van der Waals surface area contributed by atoms with Crippen LogP contribution < -0.4 is 9.80 Å². The van der Waals surface area contributed by atoms with Crippen LogP contribution in [0.2, 0.25) is 0 Å². The molecule has 3 aliphatic rings. The Balaban J connectivity index is 0.948. The van der Waals surface area contributed by atoms with Gasteiger partial charge in [-0.15, -0.1) is 0 Å². The van der Waals surface area contributed by atoms with Gasteiger partial charge in [-0.2, -0.15) is 0 Å². The number of anilines is 6. The lowest BCUT2D eigenvalue weighted by Crippen LogP contribution is -2.24. The zero-order valence-electron chi connectivity index (χ0n) is 43.6. The van der Waals surface area contributed by atoms with Crippen molar-refractivity contribution in [2.24, 2.45) is 0 Å². The Morgan fingerprint density at radius 1 is 0.284 bits per heavy atom. The molecule has 360 valence electrons. The average molecular weight is 955 g/mol. The van der Waals surface area contributed by atoms with Gasteiger partial charge >= 0.3 is 0 Å². The highest BCUT2D eigenvalue weighted by atomic mass is 15.2. The van der Waals surface area contributed by atoms with Gasteiger partial charge in [0.05, 0.1) is 11.4 Å². The minimum atomic E-state index is -0.268. The number of hydrogen-bond donors (Lipinski definition) is 0.